The summed E-state index contributed by atoms with van der Waals surface area (Å²) in [6.45, 7) is 9.74. The van der Waals surface area contributed by atoms with Crippen LogP contribution in [0.2, 0.25) is 0 Å². The van der Waals surface area contributed by atoms with E-state index < -0.39 is 10.0 Å². The van der Waals surface area contributed by atoms with Gasteiger partial charge < -0.3 is 15.0 Å². The van der Waals surface area contributed by atoms with Crippen molar-refractivity contribution in [2.75, 3.05) is 25.0 Å². The second-order valence-corrected chi connectivity index (χ2v) is 9.87. The Morgan fingerprint density at radius 1 is 1.38 bits per heavy atom. The van der Waals surface area contributed by atoms with E-state index in [1.807, 2.05) is 4.90 Å². The van der Waals surface area contributed by atoms with Crippen LogP contribution in [0, 0.1) is 12.8 Å². The van der Waals surface area contributed by atoms with Crippen molar-refractivity contribution in [2.24, 2.45) is 11.1 Å². The molecule has 9 heteroatoms. The van der Waals surface area contributed by atoms with E-state index in [2.05, 4.69) is 31.1 Å². The minimum absolute atomic E-state index is 0.0998. The van der Waals surface area contributed by atoms with Crippen molar-refractivity contribution in [1.82, 2.24) is 9.88 Å². The van der Waals surface area contributed by atoms with Gasteiger partial charge in [-0.15, -0.1) is 0 Å². The summed E-state index contributed by atoms with van der Waals surface area (Å²) in [7, 11) is -3.84. The number of sulfonamides is 1. The number of nitrogens with two attached hydrogens (primary N) is 1. The lowest BCUT2D eigenvalue weighted by Gasteiger charge is -2.30. The van der Waals surface area contributed by atoms with Crippen LogP contribution in [-0.4, -0.2) is 49.6 Å². The molecule has 0 aliphatic carbocycles. The number of carbonyl (C=O) groups excluding carboxylic acids is 1. The molecular weight excluding hydrogens is 392 g/mol. The molecular formula is C20H34N4O4S. The molecule has 0 bridgehead atoms. The van der Waals surface area contributed by atoms with Gasteiger partial charge in [0.15, 0.2) is 5.03 Å². The third kappa shape index (κ3) is 6.57. The number of nitrogens with zero attached hydrogens (tertiary/aromatic N) is 2. The predicted octanol–water partition coefficient (Wildman–Crippen LogP) is 3.27. The molecule has 1 aromatic rings. The van der Waals surface area contributed by atoms with Crippen LogP contribution in [0.4, 0.5) is 10.6 Å². The van der Waals surface area contributed by atoms with E-state index in [1.165, 1.54) is 0 Å². The highest BCUT2D eigenvalue weighted by molar-refractivity contribution is 7.89. The molecule has 0 saturated carbocycles. The first-order valence-corrected chi connectivity index (χ1v) is 11.8. The van der Waals surface area contributed by atoms with Gasteiger partial charge in [-0.1, -0.05) is 19.4 Å². The average Bonchev–Trinajstić information content (AvgIpc) is 2.93. The highest BCUT2D eigenvalue weighted by atomic mass is 32.2. The van der Waals surface area contributed by atoms with Crippen molar-refractivity contribution in [2.45, 2.75) is 70.4 Å². The number of aryl methyl sites for hydroxylation is 1. The number of nitrogens with one attached hydrogen (secondary N) is 1. The van der Waals surface area contributed by atoms with Crippen LogP contribution in [-0.2, 0) is 14.8 Å². The number of anilines is 1. The van der Waals surface area contributed by atoms with E-state index in [4.69, 9.17) is 9.88 Å². The molecule has 1 aliphatic rings. The molecule has 29 heavy (non-hydrogen) atoms. The van der Waals surface area contributed by atoms with Gasteiger partial charge >= 0.3 is 6.09 Å². The summed E-state index contributed by atoms with van der Waals surface area (Å²) in [6, 6.07) is 3.44. The number of pyridine rings is 1. The predicted molar refractivity (Wildman–Crippen MR) is 113 cm³/mol. The van der Waals surface area contributed by atoms with E-state index in [0.29, 0.717) is 37.0 Å². The van der Waals surface area contributed by atoms with E-state index in [-0.39, 0.29) is 16.7 Å². The third-order valence-electron chi connectivity index (χ3n) is 5.32. The molecule has 0 spiro atoms. The van der Waals surface area contributed by atoms with Gasteiger partial charge in [-0.3, -0.25) is 0 Å². The summed E-state index contributed by atoms with van der Waals surface area (Å²) < 4.78 is 28.6. The summed E-state index contributed by atoms with van der Waals surface area (Å²) in [5.74, 6) is 0.906. The van der Waals surface area contributed by atoms with E-state index >= 15 is 0 Å². The standard InChI is InChI=1S/C20H34N4O4S/c1-5-6-12-28-19(25)24-14-16(13-20(24,3)4)8-7-11-22-17-10-9-15(2)18(23-17)29(21,26)27/h9-10,16H,5-8,11-14H2,1-4H3,(H,22,23)(H2,21,26,27)/t16-/m0/s1. The van der Waals surface area contributed by atoms with Crippen molar-refractivity contribution in [3.63, 3.8) is 0 Å². The Morgan fingerprint density at radius 2 is 2.10 bits per heavy atom. The number of likely N-dealkylation sites (tertiary alicyclic amines) is 1. The molecule has 0 unspecified atom stereocenters. The zero-order valence-corrected chi connectivity index (χ0v) is 18.7. The first-order chi connectivity index (χ1) is 13.5. The van der Waals surface area contributed by atoms with Crippen LogP contribution in [0.25, 0.3) is 0 Å². The molecule has 1 amide bonds. The van der Waals surface area contributed by atoms with Gasteiger partial charge in [0, 0.05) is 18.6 Å². The van der Waals surface area contributed by atoms with Gasteiger partial charge in [0.05, 0.1) is 6.61 Å². The zero-order valence-electron chi connectivity index (χ0n) is 17.9. The van der Waals surface area contributed by atoms with Gasteiger partial charge in [-0.05, 0) is 64.0 Å². The maximum Gasteiger partial charge on any atom is 0.410 e. The quantitative estimate of drug-likeness (QED) is 0.586. The molecule has 1 aromatic heterocycles. The average molecular weight is 427 g/mol. The fourth-order valence-electron chi connectivity index (χ4n) is 3.79. The van der Waals surface area contributed by atoms with Crippen molar-refractivity contribution in [3.8, 4) is 0 Å². The van der Waals surface area contributed by atoms with Crippen LogP contribution in [0.3, 0.4) is 0 Å². The lowest BCUT2D eigenvalue weighted by molar-refractivity contribution is 0.0792. The number of carbonyl (C=O) groups is 1. The van der Waals surface area contributed by atoms with Crippen molar-refractivity contribution in [1.29, 1.82) is 0 Å². The van der Waals surface area contributed by atoms with Crippen LogP contribution >= 0.6 is 0 Å². The molecule has 164 valence electrons. The largest absolute Gasteiger partial charge is 0.449 e. The number of unbranched alkanes of at least 4 members (excludes halogenated alkanes) is 1. The Kier molecular flexibility index (Phi) is 7.87. The van der Waals surface area contributed by atoms with E-state index in [1.54, 1.807) is 19.1 Å². The van der Waals surface area contributed by atoms with Gasteiger partial charge in [0.25, 0.3) is 10.0 Å². The van der Waals surface area contributed by atoms with Crippen molar-refractivity contribution >= 4 is 21.9 Å². The summed E-state index contributed by atoms with van der Waals surface area (Å²) in [5, 5.41) is 8.27. The molecule has 8 nitrogen and oxygen atoms in total. The molecule has 2 heterocycles. The first kappa shape index (κ1) is 23.4. The number of aromatic nitrogens is 1. The van der Waals surface area contributed by atoms with E-state index in [9.17, 15) is 13.2 Å². The molecule has 1 aliphatic heterocycles. The van der Waals surface area contributed by atoms with Crippen LogP contribution in [0.5, 0.6) is 0 Å². The van der Waals surface area contributed by atoms with E-state index in [0.717, 1.165) is 32.1 Å². The second kappa shape index (κ2) is 9.75. The summed E-state index contributed by atoms with van der Waals surface area (Å²) >= 11 is 0. The van der Waals surface area contributed by atoms with Crippen LogP contribution < -0.4 is 10.5 Å². The highest BCUT2D eigenvalue weighted by Gasteiger charge is 2.41. The molecule has 3 N–H and O–H groups in total. The Morgan fingerprint density at radius 3 is 2.76 bits per heavy atom. The smallest absolute Gasteiger partial charge is 0.410 e. The summed E-state index contributed by atoms with van der Waals surface area (Å²) in [4.78, 5) is 18.3. The normalized spacial score (nSPS) is 18.7. The molecule has 1 fully saturated rings. The fraction of sp³-hybridized carbons (Fsp3) is 0.700. The first-order valence-electron chi connectivity index (χ1n) is 10.2. The minimum Gasteiger partial charge on any atom is -0.449 e. The number of hydrogen-bond acceptors (Lipinski definition) is 6. The Labute approximate surface area is 174 Å². The SMILES string of the molecule is CCCCOC(=O)N1C[C@@H](CCCNc2ccc(C)c(S(N)(=O)=O)n2)CC1(C)C. The van der Waals surface area contributed by atoms with Gasteiger partial charge in [-0.2, -0.15) is 0 Å². The lowest BCUT2D eigenvalue weighted by Crippen LogP contribution is -2.43. The number of amides is 1. The molecule has 1 saturated heterocycles. The van der Waals surface area contributed by atoms with Crippen LogP contribution in [0.1, 0.15) is 58.4 Å². The highest BCUT2D eigenvalue weighted by Crippen LogP contribution is 2.35. The number of ether oxygens (including phenoxy) is 1. The molecule has 0 aromatic carbocycles. The maximum absolute atomic E-state index is 12.4. The molecule has 1 atom stereocenters. The molecule has 0 radical (unpaired) electrons. The lowest BCUT2D eigenvalue weighted by atomic mass is 9.93. The summed E-state index contributed by atoms with van der Waals surface area (Å²) in [5.41, 5.74) is 0.321. The zero-order chi connectivity index (χ0) is 21.7. The van der Waals surface area contributed by atoms with Gasteiger partial charge in [-0.25, -0.2) is 23.3 Å². The Bertz CT molecular complexity index is 811. The van der Waals surface area contributed by atoms with Crippen LogP contribution in [0.15, 0.2) is 17.2 Å². The molecule has 2 rings (SSSR count). The van der Waals surface area contributed by atoms with Crippen molar-refractivity contribution < 1.29 is 17.9 Å². The Hall–Kier alpha value is -1.87. The number of primary sulfonamides is 1. The maximum atomic E-state index is 12.4. The summed E-state index contributed by atoms with van der Waals surface area (Å²) in [6.07, 6.45) is 4.45. The number of hydrogen-bond donors (Lipinski definition) is 2. The third-order valence-corrected chi connectivity index (χ3v) is 6.27. The second-order valence-electron chi connectivity index (χ2n) is 8.39. The van der Waals surface area contributed by atoms with Gasteiger partial charge in [0.2, 0.25) is 0 Å². The Balaban J connectivity index is 1.82. The minimum atomic E-state index is -3.84. The van der Waals surface area contributed by atoms with Crippen molar-refractivity contribution in [3.05, 3.63) is 17.7 Å². The fourth-order valence-corrected chi connectivity index (χ4v) is 4.53. The monoisotopic (exact) mass is 426 g/mol. The van der Waals surface area contributed by atoms with Gasteiger partial charge in [0.1, 0.15) is 5.82 Å². The topological polar surface area (TPSA) is 115 Å². The number of rotatable bonds is 9.